The summed E-state index contributed by atoms with van der Waals surface area (Å²) in [5.41, 5.74) is 1.24. The van der Waals surface area contributed by atoms with Crippen molar-refractivity contribution in [3.8, 4) is 5.75 Å². The molecule has 0 bridgehead atoms. The highest BCUT2D eigenvalue weighted by Crippen LogP contribution is 2.24. The predicted octanol–water partition coefficient (Wildman–Crippen LogP) is 3.54. The van der Waals surface area contributed by atoms with E-state index in [1.54, 1.807) is 0 Å². The lowest BCUT2D eigenvalue weighted by molar-refractivity contribution is 0.301. The van der Waals surface area contributed by atoms with E-state index >= 15 is 0 Å². The highest BCUT2D eigenvalue weighted by molar-refractivity contribution is 5.35. The van der Waals surface area contributed by atoms with Gasteiger partial charge in [-0.05, 0) is 26.5 Å². The minimum Gasteiger partial charge on any atom is -0.493 e. The van der Waals surface area contributed by atoms with Gasteiger partial charge in [0.2, 0.25) is 0 Å². The maximum absolute atomic E-state index is 5.82. The van der Waals surface area contributed by atoms with Crippen molar-refractivity contribution in [3.63, 3.8) is 0 Å². The van der Waals surface area contributed by atoms with Crippen LogP contribution in [0.4, 0.5) is 0 Å². The van der Waals surface area contributed by atoms with Crippen LogP contribution in [-0.4, -0.2) is 13.7 Å². The Morgan fingerprint density at radius 3 is 2.69 bits per heavy atom. The third-order valence-corrected chi connectivity index (χ3v) is 2.82. The molecule has 0 aliphatic carbocycles. The van der Waals surface area contributed by atoms with Gasteiger partial charge < -0.3 is 10.1 Å². The molecule has 0 amide bonds. The van der Waals surface area contributed by atoms with Crippen LogP contribution in [0.15, 0.2) is 24.3 Å². The molecule has 0 saturated carbocycles. The molecule has 90 valence electrons. The van der Waals surface area contributed by atoms with Crippen LogP contribution in [0.3, 0.4) is 0 Å². The number of nitrogens with one attached hydrogen (secondary N) is 1. The summed E-state index contributed by atoms with van der Waals surface area (Å²) in [6.07, 6.45) is 3.61. The first-order valence-electron chi connectivity index (χ1n) is 6.18. The van der Waals surface area contributed by atoms with Gasteiger partial charge in [-0.1, -0.05) is 38.0 Å². The van der Waals surface area contributed by atoms with E-state index in [0.717, 1.165) is 18.8 Å². The molecule has 1 aromatic rings. The molecule has 1 unspecified atom stereocenters. The van der Waals surface area contributed by atoms with Crippen molar-refractivity contribution < 1.29 is 4.74 Å². The summed E-state index contributed by atoms with van der Waals surface area (Å²) in [7, 11) is 1.97. The molecule has 1 N–H and O–H groups in total. The van der Waals surface area contributed by atoms with Gasteiger partial charge in [0.15, 0.2) is 0 Å². The second-order valence-corrected chi connectivity index (χ2v) is 4.10. The Kier molecular flexibility index (Phi) is 5.94. The first-order valence-corrected chi connectivity index (χ1v) is 6.18. The van der Waals surface area contributed by atoms with Gasteiger partial charge in [-0.3, -0.25) is 0 Å². The highest BCUT2D eigenvalue weighted by Gasteiger charge is 2.08. The minimum absolute atomic E-state index is 0.336. The van der Waals surface area contributed by atoms with Crippen LogP contribution in [0.1, 0.15) is 44.7 Å². The van der Waals surface area contributed by atoms with E-state index in [-0.39, 0.29) is 0 Å². The third kappa shape index (κ3) is 3.86. The normalized spacial score (nSPS) is 12.4. The Bertz CT molecular complexity index is 299. The van der Waals surface area contributed by atoms with Gasteiger partial charge in [0, 0.05) is 11.6 Å². The molecule has 2 nitrogen and oxygen atoms in total. The number of benzene rings is 1. The number of para-hydroxylation sites is 1. The number of hydrogen-bond donors (Lipinski definition) is 1. The van der Waals surface area contributed by atoms with Crippen molar-refractivity contribution in [2.75, 3.05) is 13.7 Å². The fourth-order valence-electron chi connectivity index (χ4n) is 1.66. The Morgan fingerprint density at radius 2 is 2.00 bits per heavy atom. The lowest BCUT2D eigenvalue weighted by Crippen LogP contribution is -2.13. The summed E-state index contributed by atoms with van der Waals surface area (Å²) in [5, 5.41) is 3.24. The molecule has 0 radical (unpaired) electrons. The van der Waals surface area contributed by atoms with E-state index in [2.05, 4.69) is 37.4 Å². The maximum Gasteiger partial charge on any atom is 0.124 e. The smallest absolute Gasteiger partial charge is 0.124 e. The van der Waals surface area contributed by atoms with E-state index in [9.17, 15) is 0 Å². The number of hydrogen-bond acceptors (Lipinski definition) is 2. The van der Waals surface area contributed by atoms with Crippen LogP contribution in [-0.2, 0) is 0 Å². The van der Waals surface area contributed by atoms with Gasteiger partial charge >= 0.3 is 0 Å². The molecule has 0 fully saturated rings. The molecule has 0 aliphatic heterocycles. The summed E-state index contributed by atoms with van der Waals surface area (Å²) in [4.78, 5) is 0. The number of unbranched alkanes of at least 4 members (excludes halogenated alkanes) is 2. The van der Waals surface area contributed by atoms with Crippen molar-refractivity contribution in [1.82, 2.24) is 5.32 Å². The van der Waals surface area contributed by atoms with Crippen LogP contribution < -0.4 is 10.1 Å². The molecule has 2 heteroatoms. The first-order chi connectivity index (χ1) is 7.79. The fraction of sp³-hybridized carbons (Fsp3) is 0.571. The molecule has 0 spiro atoms. The predicted molar refractivity (Wildman–Crippen MR) is 68.9 cm³/mol. The molecule has 16 heavy (non-hydrogen) atoms. The largest absolute Gasteiger partial charge is 0.493 e. The Hall–Kier alpha value is -1.02. The van der Waals surface area contributed by atoms with E-state index in [0.29, 0.717) is 6.04 Å². The van der Waals surface area contributed by atoms with Gasteiger partial charge in [-0.2, -0.15) is 0 Å². The van der Waals surface area contributed by atoms with Gasteiger partial charge in [0.25, 0.3) is 0 Å². The van der Waals surface area contributed by atoms with Crippen LogP contribution in [0.5, 0.6) is 5.75 Å². The summed E-state index contributed by atoms with van der Waals surface area (Å²) in [6.45, 7) is 5.17. The average Bonchev–Trinajstić information content (AvgIpc) is 2.34. The molecule has 0 aliphatic rings. The fourth-order valence-corrected chi connectivity index (χ4v) is 1.66. The van der Waals surface area contributed by atoms with Crippen LogP contribution in [0.2, 0.25) is 0 Å². The van der Waals surface area contributed by atoms with Crippen molar-refractivity contribution in [3.05, 3.63) is 29.8 Å². The van der Waals surface area contributed by atoms with E-state index < -0.39 is 0 Å². The summed E-state index contributed by atoms with van der Waals surface area (Å²) < 4.78 is 5.82. The van der Waals surface area contributed by atoms with Gasteiger partial charge in [-0.15, -0.1) is 0 Å². The van der Waals surface area contributed by atoms with Crippen molar-refractivity contribution >= 4 is 0 Å². The molecule has 1 aromatic carbocycles. The minimum atomic E-state index is 0.336. The molecule has 1 atom stereocenters. The summed E-state index contributed by atoms with van der Waals surface area (Å²) in [5.74, 6) is 1.01. The van der Waals surface area contributed by atoms with Crippen LogP contribution in [0.25, 0.3) is 0 Å². The zero-order valence-electron chi connectivity index (χ0n) is 10.6. The van der Waals surface area contributed by atoms with Crippen molar-refractivity contribution in [2.24, 2.45) is 0 Å². The average molecular weight is 221 g/mol. The highest BCUT2D eigenvalue weighted by atomic mass is 16.5. The molecule has 1 rings (SSSR count). The van der Waals surface area contributed by atoms with Crippen molar-refractivity contribution in [1.29, 1.82) is 0 Å². The topological polar surface area (TPSA) is 21.3 Å². The summed E-state index contributed by atoms with van der Waals surface area (Å²) in [6, 6.07) is 8.59. The Labute approximate surface area is 99.0 Å². The van der Waals surface area contributed by atoms with Crippen molar-refractivity contribution in [2.45, 2.75) is 39.2 Å². The van der Waals surface area contributed by atoms with Crippen LogP contribution >= 0.6 is 0 Å². The molecular formula is C14H23NO. The molecule has 0 saturated heterocycles. The SMILES string of the molecule is CCCCCOc1ccccc1C(C)NC. The Balaban J connectivity index is 2.57. The molecule has 0 aromatic heterocycles. The van der Waals surface area contributed by atoms with Gasteiger partial charge in [-0.25, -0.2) is 0 Å². The zero-order valence-corrected chi connectivity index (χ0v) is 10.6. The maximum atomic E-state index is 5.82. The molecular weight excluding hydrogens is 198 g/mol. The van der Waals surface area contributed by atoms with Gasteiger partial charge in [0.05, 0.1) is 6.61 Å². The third-order valence-electron chi connectivity index (χ3n) is 2.82. The lowest BCUT2D eigenvalue weighted by Gasteiger charge is -2.16. The molecule has 0 heterocycles. The van der Waals surface area contributed by atoms with E-state index in [1.165, 1.54) is 18.4 Å². The quantitative estimate of drug-likeness (QED) is 0.711. The zero-order chi connectivity index (χ0) is 11.8. The monoisotopic (exact) mass is 221 g/mol. The second kappa shape index (κ2) is 7.29. The van der Waals surface area contributed by atoms with E-state index in [4.69, 9.17) is 4.74 Å². The summed E-state index contributed by atoms with van der Waals surface area (Å²) >= 11 is 0. The second-order valence-electron chi connectivity index (χ2n) is 4.10. The Morgan fingerprint density at radius 1 is 1.25 bits per heavy atom. The van der Waals surface area contributed by atoms with E-state index in [1.807, 2.05) is 13.1 Å². The standard InChI is InChI=1S/C14H23NO/c1-4-5-8-11-16-14-10-7-6-9-13(14)12(2)15-3/h6-7,9-10,12,15H,4-5,8,11H2,1-3H3. The van der Waals surface area contributed by atoms with Gasteiger partial charge in [0.1, 0.15) is 5.75 Å². The van der Waals surface area contributed by atoms with Crippen LogP contribution in [0, 0.1) is 0 Å². The number of ether oxygens (including phenoxy) is 1. The lowest BCUT2D eigenvalue weighted by atomic mass is 10.1. The first kappa shape index (κ1) is 13.0. The number of rotatable bonds is 7.